The highest BCUT2D eigenvalue weighted by Gasteiger charge is 2.35. The van der Waals surface area contributed by atoms with Gasteiger partial charge in [0.05, 0.1) is 13.3 Å². The van der Waals surface area contributed by atoms with Gasteiger partial charge in [-0.05, 0) is 42.0 Å². The molecule has 1 heterocycles. The number of rotatable bonds is 8. The fourth-order valence-corrected chi connectivity index (χ4v) is 4.68. The molecule has 2 aromatic carbocycles. The van der Waals surface area contributed by atoms with Crippen LogP contribution in [-0.4, -0.2) is 34.9 Å². The Kier molecular flexibility index (Phi) is 8.31. The van der Waals surface area contributed by atoms with E-state index in [0.717, 1.165) is 31.2 Å². The van der Waals surface area contributed by atoms with Crippen molar-refractivity contribution in [2.24, 2.45) is 0 Å². The number of hydrogen-bond donors (Lipinski definition) is 1. The fourth-order valence-electron chi connectivity index (χ4n) is 4.68. The number of anilines is 1. The minimum atomic E-state index is -0.894. The van der Waals surface area contributed by atoms with E-state index in [2.05, 4.69) is 29.1 Å². The molecule has 1 saturated carbocycles. The van der Waals surface area contributed by atoms with Crippen LogP contribution in [0, 0.1) is 0 Å². The maximum atomic E-state index is 14.0. The molecule has 0 spiro atoms. The van der Waals surface area contributed by atoms with Gasteiger partial charge in [0.25, 0.3) is 5.91 Å². The third-order valence-electron chi connectivity index (χ3n) is 6.71. The Bertz CT molecular complexity index is 1160. The van der Waals surface area contributed by atoms with Gasteiger partial charge in [0, 0.05) is 30.2 Å². The molecule has 1 N–H and O–H groups in total. The zero-order valence-corrected chi connectivity index (χ0v) is 21.2. The van der Waals surface area contributed by atoms with E-state index in [1.165, 1.54) is 35.5 Å². The topological polar surface area (TPSA) is 84.4 Å². The van der Waals surface area contributed by atoms with Crippen LogP contribution in [0.15, 0.2) is 67.1 Å². The van der Waals surface area contributed by atoms with E-state index in [9.17, 15) is 9.59 Å². The third kappa shape index (κ3) is 5.90. The van der Waals surface area contributed by atoms with Crippen LogP contribution in [0.3, 0.4) is 0 Å². The molecule has 1 fully saturated rings. The van der Waals surface area contributed by atoms with Gasteiger partial charge in [-0.15, -0.1) is 0 Å². The molecule has 188 valence electrons. The molecule has 4 rings (SSSR count). The summed E-state index contributed by atoms with van der Waals surface area (Å²) in [6, 6.07) is 14.3. The number of hydrogen-bond acceptors (Lipinski definition) is 5. The standard InChI is InChI=1S/C29H34N4O3/c1-20(2)21-12-14-22(15-13-21)27(28(34)32-23-8-5-4-6-9-23)33(24-10-7-11-25(18-24)36-3)29(35)26-19-30-16-17-31-26/h7,10-20,23,27H,4-6,8-9H2,1-3H3,(H,32,34). The van der Waals surface area contributed by atoms with Gasteiger partial charge in [-0.2, -0.15) is 0 Å². The van der Waals surface area contributed by atoms with Gasteiger partial charge in [-0.25, -0.2) is 4.98 Å². The maximum absolute atomic E-state index is 14.0. The first-order valence-corrected chi connectivity index (χ1v) is 12.6. The highest BCUT2D eigenvalue weighted by Crippen LogP contribution is 2.33. The number of amides is 2. The van der Waals surface area contributed by atoms with E-state index >= 15 is 0 Å². The second kappa shape index (κ2) is 11.8. The van der Waals surface area contributed by atoms with Gasteiger partial charge in [0.2, 0.25) is 5.91 Å². The lowest BCUT2D eigenvalue weighted by molar-refractivity contribution is -0.123. The first kappa shape index (κ1) is 25.4. The summed E-state index contributed by atoms with van der Waals surface area (Å²) in [4.78, 5) is 37.7. The van der Waals surface area contributed by atoms with Crippen molar-refractivity contribution in [1.29, 1.82) is 0 Å². The summed E-state index contributed by atoms with van der Waals surface area (Å²) in [6.45, 7) is 4.25. The van der Waals surface area contributed by atoms with E-state index in [1.54, 1.807) is 19.2 Å². The van der Waals surface area contributed by atoms with Gasteiger partial charge in [-0.1, -0.05) is 63.4 Å². The highest BCUT2D eigenvalue weighted by atomic mass is 16.5. The normalized spacial score (nSPS) is 14.8. The minimum absolute atomic E-state index is 0.0995. The van der Waals surface area contributed by atoms with Crippen molar-refractivity contribution in [3.8, 4) is 5.75 Å². The van der Waals surface area contributed by atoms with E-state index in [-0.39, 0.29) is 17.6 Å². The van der Waals surface area contributed by atoms with Crippen molar-refractivity contribution < 1.29 is 14.3 Å². The van der Waals surface area contributed by atoms with Crippen LogP contribution in [-0.2, 0) is 4.79 Å². The van der Waals surface area contributed by atoms with Gasteiger partial charge in [0.15, 0.2) is 0 Å². The minimum Gasteiger partial charge on any atom is -0.497 e. The molecule has 7 nitrogen and oxygen atoms in total. The number of aromatic nitrogens is 2. The highest BCUT2D eigenvalue weighted by molar-refractivity contribution is 6.09. The molecule has 1 aromatic heterocycles. The number of ether oxygens (including phenoxy) is 1. The molecule has 0 saturated heterocycles. The quantitative estimate of drug-likeness (QED) is 0.458. The summed E-state index contributed by atoms with van der Waals surface area (Å²) in [5.74, 6) is 0.322. The summed E-state index contributed by atoms with van der Waals surface area (Å²) in [5.41, 5.74) is 2.60. The van der Waals surface area contributed by atoms with Crippen LogP contribution in [0.2, 0.25) is 0 Å². The molecular weight excluding hydrogens is 452 g/mol. The monoisotopic (exact) mass is 486 g/mol. The average molecular weight is 487 g/mol. The van der Waals surface area contributed by atoms with Crippen LogP contribution in [0.4, 0.5) is 5.69 Å². The van der Waals surface area contributed by atoms with E-state index < -0.39 is 11.9 Å². The molecule has 1 aliphatic carbocycles. The third-order valence-corrected chi connectivity index (χ3v) is 6.71. The average Bonchev–Trinajstić information content (AvgIpc) is 2.92. The first-order valence-electron chi connectivity index (χ1n) is 12.6. The Morgan fingerprint density at radius 2 is 1.72 bits per heavy atom. The van der Waals surface area contributed by atoms with Crippen molar-refractivity contribution in [1.82, 2.24) is 15.3 Å². The van der Waals surface area contributed by atoms with Crippen LogP contribution >= 0.6 is 0 Å². The van der Waals surface area contributed by atoms with Crippen molar-refractivity contribution in [2.75, 3.05) is 12.0 Å². The van der Waals surface area contributed by atoms with Crippen molar-refractivity contribution in [2.45, 2.75) is 64.0 Å². The zero-order valence-electron chi connectivity index (χ0n) is 21.2. The molecule has 3 aromatic rings. The second-order valence-electron chi connectivity index (χ2n) is 9.53. The largest absolute Gasteiger partial charge is 0.497 e. The molecule has 0 aliphatic heterocycles. The zero-order chi connectivity index (χ0) is 25.5. The van der Waals surface area contributed by atoms with Crippen LogP contribution in [0.1, 0.15) is 79.5 Å². The molecule has 1 aliphatic rings. The number of methoxy groups -OCH3 is 1. The Balaban J connectivity index is 1.82. The van der Waals surface area contributed by atoms with Gasteiger partial charge in [-0.3, -0.25) is 19.5 Å². The second-order valence-corrected chi connectivity index (χ2v) is 9.53. The van der Waals surface area contributed by atoms with Crippen LogP contribution in [0.5, 0.6) is 5.75 Å². The molecule has 1 atom stereocenters. The predicted octanol–water partition coefficient (Wildman–Crippen LogP) is 5.45. The molecule has 36 heavy (non-hydrogen) atoms. The summed E-state index contributed by atoms with van der Waals surface area (Å²) >= 11 is 0. The van der Waals surface area contributed by atoms with Gasteiger partial charge in [0.1, 0.15) is 17.5 Å². The van der Waals surface area contributed by atoms with E-state index in [0.29, 0.717) is 17.4 Å². The molecule has 7 heteroatoms. The maximum Gasteiger partial charge on any atom is 0.279 e. The number of nitrogens with one attached hydrogen (secondary N) is 1. The lowest BCUT2D eigenvalue weighted by Crippen LogP contribution is -2.47. The molecule has 0 bridgehead atoms. The van der Waals surface area contributed by atoms with Gasteiger partial charge >= 0.3 is 0 Å². The predicted molar refractivity (Wildman–Crippen MR) is 140 cm³/mol. The summed E-state index contributed by atoms with van der Waals surface area (Å²) in [6.07, 6.45) is 9.69. The van der Waals surface area contributed by atoms with Gasteiger partial charge < -0.3 is 10.1 Å². The first-order chi connectivity index (χ1) is 17.5. The van der Waals surface area contributed by atoms with E-state index in [4.69, 9.17) is 4.74 Å². The number of benzene rings is 2. The van der Waals surface area contributed by atoms with Crippen molar-refractivity contribution in [3.05, 3.63) is 83.9 Å². The summed E-state index contributed by atoms with van der Waals surface area (Å²) in [7, 11) is 1.58. The molecular formula is C29H34N4O3. The molecule has 1 unspecified atom stereocenters. The van der Waals surface area contributed by atoms with Crippen LogP contribution < -0.4 is 15.0 Å². The number of nitrogens with zero attached hydrogens (tertiary/aromatic N) is 3. The Labute approximate surface area is 212 Å². The van der Waals surface area contributed by atoms with Crippen molar-refractivity contribution in [3.63, 3.8) is 0 Å². The Hall–Kier alpha value is -3.74. The van der Waals surface area contributed by atoms with Crippen LogP contribution in [0.25, 0.3) is 0 Å². The lowest BCUT2D eigenvalue weighted by Gasteiger charge is -2.33. The van der Waals surface area contributed by atoms with Crippen molar-refractivity contribution >= 4 is 17.5 Å². The molecule has 2 amide bonds. The van der Waals surface area contributed by atoms with E-state index in [1.807, 2.05) is 36.4 Å². The fraction of sp³-hybridized carbons (Fsp3) is 0.379. The lowest BCUT2D eigenvalue weighted by atomic mass is 9.94. The SMILES string of the molecule is COc1cccc(N(C(=O)c2cnccn2)C(C(=O)NC2CCCCC2)c2ccc(C(C)C)cc2)c1. The number of carbonyl (C=O) groups excluding carboxylic acids is 2. The number of carbonyl (C=O) groups is 2. The molecule has 0 radical (unpaired) electrons. The summed E-state index contributed by atoms with van der Waals surface area (Å²) in [5, 5.41) is 3.24. The summed E-state index contributed by atoms with van der Waals surface area (Å²) < 4.78 is 5.43. The Morgan fingerprint density at radius 1 is 1.00 bits per heavy atom. The Morgan fingerprint density at radius 3 is 2.36 bits per heavy atom. The smallest absolute Gasteiger partial charge is 0.279 e.